The van der Waals surface area contributed by atoms with Gasteiger partial charge in [-0.25, -0.2) is 9.97 Å². The predicted octanol–water partition coefficient (Wildman–Crippen LogP) is 1.96. The first-order chi connectivity index (χ1) is 9.19. The van der Waals surface area contributed by atoms with E-state index in [1.807, 2.05) is 42.9 Å². The number of nitrogens with two attached hydrogens (primary N) is 1. The van der Waals surface area contributed by atoms with Crippen molar-refractivity contribution in [1.29, 1.82) is 0 Å². The number of imidazole rings is 1. The Bertz CT molecular complexity index is 713. The maximum absolute atomic E-state index is 5.92. The number of nitrogens with zero attached hydrogens (tertiary/aromatic N) is 3. The van der Waals surface area contributed by atoms with Crippen LogP contribution in [0.25, 0.3) is 11.1 Å². The zero-order chi connectivity index (χ0) is 13.4. The largest absolute Gasteiger partial charge is 0.441 e. The first kappa shape index (κ1) is 11.9. The van der Waals surface area contributed by atoms with Crippen molar-refractivity contribution < 1.29 is 4.42 Å². The Morgan fingerprint density at radius 3 is 2.95 bits per heavy atom. The molecule has 1 atom stereocenters. The summed E-state index contributed by atoms with van der Waals surface area (Å²) in [5, 5.41) is 0. The molecule has 0 saturated carbocycles. The predicted molar refractivity (Wildman–Crippen MR) is 72.9 cm³/mol. The van der Waals surface area contributed by atoms with Crippen LogP contribution < -0.4 is 5.73 Å². The van der Waals surface area contributed by atoms with E-state index in [-0.39, 0.29) is 5.92 Å². The fraction of sp³-hybridized carbons (Fsp3) is 0.286. The van der Waals surface area contributed by atoms with Gasteiger partial charge in [0.05, 0.1) is 5.92 Å². The molecule has 19 heavy (non-hydrogen) atoms. The average molecular weight is 256 g/mol. The van der Waals surface area contributed by atoms with E-state index in [9.17, 15) is 0 Å². The Morgan fingerprint density at radius 2 is 2.26 bits per heavy atom. The van der Waals surface area contributed by atoms with Crippen molar-refractivity contribution in [1.82, 2.24) is 14.5 Å². The molecule has 0 spiro atoms. The van der Waals surface area contributed by atoms with Gasteiger partial charge < -0.3 is 14.7 Å². The molecule has 2 aromatic heterocycles. The maximum atomic E-state index is 5.92. The van der Waals surface area contributed by atoms with Crippen LogP contribution in [-0.2, 0) is 7.05 Å². The number of oxazole rings is 1. The minimum atomic E-state index is 0.0707. The van der Waals surface area contributed by atoms with Crippen LogP contribution in [0.2, 0.25) is 0 Å². The number of aromatic nitrogens is 3. The van der Waals surface area contributed by atoms with Gasteiger partial charge >= 0.3 is 0 Å². The van der Waals surface area contributed by atoms with Crippen LogP contribution in [0.4, 0.5) is 0 Å². The second kappa shape index (κ2) is 4.51. The second-order valence-corrected chi connectivity index (χ2v) is 4.64. The normalized spacial score (nSPS) is 13.0. The van der Waals surface area contributed by atoms with Gasteiger partial charge in [0.1, 0.15) is 11.3 Å². The van der Waals surface area contributed by atoms with Crippen molar-refractivity contribution >= 4 is 11.1 Å². The number of aryl methyl sites for hydroxylation is 2. The third-order valence-electron chi connectivity index (χ3n) is 3.33. The smallest absolute Gasteiger partial charge is 0.192 e. The number of hydrogen-bond donors (Lipinski definition) is 1. The molecule has 0 aliphatic rings. The third-order valence-corrected chi connectivity index (χ3v) is 3.33. The molecule has 5 nitrogen and oxygen atoms in total. The Hall–Kier alpha value is -2.14. The van der Waals surface area contributed by atoms with E-state index >= 15 is 0 Å². The highest BCUT2D eigenvalue weighted by Gasteiger charge is 2.17. The van der Waals surface area contributed by atoms with Crippen molar-refractivity contribution in [3.8, 4) is 0 Å². The summed E-state index contributed by atoms with van der Waals surface area (Å²) in [6.45, 7) is 2.35. The van der Waals surface area contributed by atoms with Crippen molar-refractivity contribution in [3.05, 3.63) is 47.9 Å². The summed E-state index contributed by atoms with van der Waals surface area (Å²) in [6, 6.07) is 5.99. The monoisotopic (exact) mass is 256 g/mol. The molecule has 3 rings (SSSR count). The molecule has 2 heterocycles. The Morgan fingerprint density at radius 1 is 1.42 bits per heavy atom. The van der Waals surface area contributed by atoms with Gasteiger partial charge in [-0.05, 0) is 17.7 Å². The molecule has 0 radical (unpaired) electrons. The molecule has 5 heteroatoms. The molecule has 1 aromatic carbocycles. The lowest BCUT2D eigenvalue weighted by Crippen LogP contribution is -2.17. The lowest BCUT2D eigenvalue weighted by atomic mass is 9.98. The van der Waals surface area contributed by atoms with E-state index in [0.717, 1.165) is 22.5 Å². The van der Waals surface area contributed by atoms with Gasteiger partial charge in [0, 0.05) is 32.9 Å². The average Bonchev–Trinajstić information content (AvgIpc) is 2.95. The van der Waals surface area contributed by atoms with Gasteiger partial charge in [0.25, 0.3) is 0 Å². The van der Waals surface area contributed by atoms with E-state index in [2.05, 4.69) is 9.97 Å². The van der Waals surface area contributed by atoms with Crippen LogP contribution in [0.15, 0.2) is 35.0 Å². The minimum Gasteiger partial charge on any atom is -0.441 e. The fourth-order valence-corrected chi connectivity index (χ4v) is 2.38. The summed E-state index contributed by atoms with van der Waals surface area (Å²) >= 11 is 0. The number of rotatable bonds is 3. The third kappa shape index (κ3) is 2.02. The van der Waals surface area contributed by atoms with Gasteiger partial charge in [-0.3, -0.25) is 0 Å². The molecule has 2 N–H and O–H groups in total. The van der Waals surface area contributed by atoms with E-state index in [4.69, 9.17) is 10.2 Å². The van der Waals surface area contributed by atoms with Gasteiger partial charge in [-0.1, -0.05) is 6.07 Å². The highest BCUT2D eigenvalue weighted by Crippen LogP contribution is 2.25. The molecule has 0 aliphatic carbocycles. The topological polar surface area (TPSA) is 69.9 Å². The number of hydrogen-bond acceptors (Lipinski definition) is 4. The van der Waals surface area contributed by atoms with Gasteiger partial charge in [-0.15, -0.1) is 0 Å². The van der Waals surface area contributed by atoms with Gasteiger partial charge in [-0.2, -0.15) is 0 Å². The molecule has 3 aromatic rings. The molecule has 0 bridgehead atoms. The quantitative estimate of drug-likeness (QED) is 0.777. The van der Waals surface area contributed by atoms with Crippen LogP contribution in [0, 0.1) is 6.92 Å². The van der Waals surface area contributed by atoms with Gasteiger partial charge in [0.2, 0.25) is 0 Å². The molecule has 0 amide bonds. The highest BCUT2D eigenvalue weighted by molar-refractivity contribution is 5.73. The number of fused-ring (bicyclic) bond motifs is 1. The maximum Gasteiger partial charge on any atom is 0.192 e. The second-order valence-electron chi connectivity index (χ2n) is 4.64. The molecule has 1 unspecified atom stereocenters. The zero-order valence-corrected chi connectivity index (χ0v) is 11.0. The summed E-state index contributed by atoms with van der Waals surface area (Å²) in [6.07, 6.45) is 3.72. The first-order valence-corrected chi connectivity index (χ1v) is 6.23. The lowest BCUT2D eigenvalue weighted by molar-refractivity contribution is 0.561. The number of benzene rings is 1. The summed E-state index contributed by atoms with van der Waals surface area (Å²) in [7, 11) is 1.98. The van der Waals surface area contributed by atoms with Crippen molar-refractivity contribution in [2.24, 2.45) is 12.8 Å². The molecular formula is C14H16N4O. The zero-order valence-electron chi connectivity index (χ0n) is 11.0. The van der Waals surface area contributed by atoms with Crippen LogP contribution in [0.1, 0.15) is 23.2 Å². The van der Waals surface area contributed by atoms with Crippen LogP contribution in [0.5, 0.6) is 0 Å². The minimum absolute atomic E-state index is 0.0707. The molecule has 0 aliphatic heterocycles. The van der Waals surface area contributed by atoms with Crippen molar-refractivity contribution in [3.63, 3.8) is 0 Å². The SMILES string of the molecule is Cc1nc2cc(C(CN)c3nccn3C)ccc2o1. The summed E-state index contributed by atoms with van der Waals surface area (Å²) in [5.74, 6) is 1.71. The first-order valence-electron chi connectivity index (χ1n) is 6.23. The van der Waals surface area contributed by atoms with Crippen LogP contribution in [0.3, 0.4) is 0 Å². The van der Waals surface area contributed by atoms with Gasteiger partial charge in [0.15, 0.2) is 11.5 Å². The summed E-state index contributed by atoms with van der Waals surface area (Å²) in [5.41, 5.74) is 8.69. The molecular weight excluding hydrogens is 240 g/mol. The molecule has 0 fully saturated rings. The Kier molecular flexibility index (Phi) is 2.83. The summed E-state index contributed by atoms with van der Waals surface area (Å²) in [4.78, 5) is 8.75. The van der Waals surface area contributed by atoms with Crippen LogP contribution in [-0.4, -0.2) is 21.1 Å². The van der Waals surface area contributed by atoms with Crippen molar-refractivity contribution in [2.45, 2.75) is 12.8 Å². The molecule has 98 valence electrons. The van der Waals surface area contributed by atoms with E-state index in [0.29, 0.717) is 12.4 Å². The standard InChI is InChI=1S/C14H16N4O/c1-9-17-12-7-10(3-4-13(12)19-9)11(8-15)14-16-5-6-18(14)2/h3-7,11H,8,15H2,1-2H3. The fourth-order valence-electron chi connectivity index (χ4n) is 2.38. The van der Waals surface area contributed by atoms with E-state index in [1.165, 1.54) is 0 Å². The van der Waals surface area contributed by atoms with Crippen molar-refractivity contribution in [2.75, 3.05) is 6.54 Å². The Labute approximate surface area is 111 Å². The lowest BCUT2D eigenvalue weighted by Gasteiger charge is -2.14. The highest BCUT2D eigenvalue weighted by atomic mass is 16.3. The Balaban J connectivity index is 2.08. The van der Waals surface area contributed by atoms with E-state index in [1.54, 1.807) is 6.20 Å². The van der Waals surface area contributed by atoms with E-state index < -0.39 is 0 Å². The van der Waals surface area contributed by atoms with Crippen LogP contribution >= 0.6 is 0 Å². The summed E-state index contributed by atoms with van der Waals surface area (Å²) < 4.78 is 7.48. The molecule has 0 saturated heterocycles.